The number of aliphatic hydroxyl groups excluding tert-OH is 1. The molecule has 0 saturated heterocycles. The van der Waals surface area contributed by atoms with Crippen molar-refractivity contribution < 1.29 is 9.84 Å². The third kappa shape index (κ3) is 3.33. The summed E-state index contributed by atoms with van der Waals surface area (Å²) in [5.74, 6) is 0.641. The summed E-state index contributed by atoms with van der Waals surface area (Å²) in [5.41, 5.74) is 2.77. The average molecular weight is 291 g/mol. The van der Waals surface area contributed by atoms with E-state index in [0.29, 0.717) is 16.3 Å². The second-order valence-electron chi connectivity index (χ2n) is 4.78. The minimum absolute atomic E-state index is 0.588. The van der Waals surface area contributed by atoms with Crippen LogP contribution in [0.25, 0.3) is 0 Å². The number of aryl methyl sites for hydroxylation is 1. The van der Waals surface area contributed by atoms with E-state index in [-0.39, 0.29) is 0 Å². The summed E-state index contributed by atoms with van der Waals surface area (Å²) < 4.78 is 5.30. The monoisotopic (exact) mass is 290 g/mol. The Morgan fingerprint density at radius 2 is 2.00 bits per heavy atom. The molecule has 0 saturated carbocycles. The topological polar surface area (TPSA) is 29.5 Å². The summed E-state index contributed by atoms with van der Waals surface area (Å²) in [4.78, 5) is 0. The fourth-order valence-electron chi connectivity index (χ4n) is 2.31. The van der Waals surface area contributed by atoms with E-state index in [1.807, 2.05) is 18.2 Å². The number of hydrogen-bond donors (Lipinski definition) is 1. The molecule has 2 nitrogen and oxygen atoms in total. The normalized spacial score (nSPS) is 12.2. The molecule has 1 atom stereocenters. The number of halogens is 1. The Morgan fingerprint density at radius 3 is 2.70 bits per heavy atom. The highest BCUT2D eigenvalue weighted by molar-refractivity contribution is 6.30. The SMILES string of the molecule is CCCc1cccc(C(O)c2cc(Cl)ccc2OC)c1. The largest absolute Gasteiger partial charge is 0.496 e. The standard InChI is InChI=1S/C17H19ClO2/c1-3-5-12-6-4-7-13(10-12)17(19)15-11-14(18)8-9-16(15)20-2/h4,6-11,17,19H,3,5H2,1-2H3. The summed E-state index contributed by atoms with van der Waals surface area (Å²) in [6.07, 6.45) is 1.35. The Bertz CT molecular complexity index is 581. The summed E-state index contributed by atoms with van der Waals surface area (Å²) in [6, 6.07) is 13.3. The second-order valence-corrected chi connectivity index (χ2v) is 5.22. The molecule has 0 aliphatic carbocycles. The number of aliphatic hydroxyl groups is 1. The first-order valence-electron chi connectivity index (χ1n) is 6.76. The number of methoxy groups -OCH3 is 1. The first kappa shape index (κ1) is 14.9. The van der Waals surface area contributed by atoms with Gasteiger partial charge in [0.15, 0.2) is 0 Å². The van der Waals surface area contributed by atoms with Gasteiger partial charge in [-0.2, -0.15) is 0 Å². The van der Waals surface area contributed by atoms with E-state index in [2.05, 4.69) is 13.0 Å². The smallest absolute Gasteiger partial charge is 0.125 e. The summed E-state index contributed by atoms with van der Waals surface area (Å²) in [7, 11) is 1.59. The van der Waals surface area contributed by atoms with Gasteiger partial charge in [-0.3, -0.25) is 0 Å². The molecule has 0 aromatic heterocycles. The molecule has 0 heterocycles. The van der Waals surface area contributed by atoms with Crippen molar-refractivity contribution in [3.8, 4) is 5.75 Å². The van der Waals surface area contributed by atoms with Gasteiger partial charge < -0.3 is 9.84 Å². The average Bonchev–Trinajstić information content (AvgIpc) is 2.47. The Morgan fingerprint density at radius 1 is 1.20 bits per heavy atom. The van der Waals surface area contributed by atoms with Crippen molar-refractivity contribution in [3.63, 3.8) is 0 Å². The highest BCUT2D eigenvalue weighted by Gasteiger charge is 2.16. The van der Waals surface area contributed by atoms with E-state index in [9.17, 15) is 5.11 Å². The van der Waals surface area contributed by atoms with Crippen molar-refractivity contribution in [1.82, 2.24) is 0 Å². The highest BCUT2D eigenvalue weighted by Crippen LogP contribution is 2.32. The zero-order valence-corrected chi connectivity index (χ0v) is 12.5. The van der Waals surface area contributed by atoms with Gasteiger partial charge in [-0.1, -0.05) is 49.2 Å². The van der Waals surface area contributed by atoms with Crippen LogP contribution in [0.1, 0.15) is 36.1 Å². The van der Waals surface area contributed by atoms with Crippen molar-refractivity contribution in [1.29, 1.82) is 0 Å². The van der Waals surface area contributed by atoms with Crippen LogP contribution in [0, 0.1) is 0 Å². The number of ether oxygens (including phenoxy) is 1. The lowest BCUT2D eigenvalue weighted by Crippen LogP contribution is -2.03. The Hall–Kier alpha value is -1.51. The molecule has 1 unspecified atom stereocenters. The quantitative estimate of drug-likeness (QED) is 0.885. The summed E-state index contributed by atoms with van der Waals surface area (Å²) in [6.45, 7) is 2.14. The maximum atomic E-state index is 10.6. The van der Waals surface area contributed by atoms with Crippen LogP contribution in [0.4, 0.5) is 0 Å². The molecule has 2 rings (SSSR count). The lowest BCUT2D eigenvalue weighted by atomic mass is 9.98. The van der Waals surface area contributed by atoms with Crippen LogP contribution in [0.3, 0.4) is 0 Å². The molecule has 20 heavy (non-hydrogen) atoms. The first-order chi connectivity index (χ1) is 9.65. The van der Waals surface area contributed by atoms with E-state index in [1.165, 1.54) is 5.56 Å². The number of hydrogen-bond acceptors (Lipinski definition) is 2. The van der Waals surface area contributed by atoms with E-state index >= 15 is 0 Å². The lowest BCUT2D eigenvalue weighted by Gasteiger charge is -2.16. The van der Waals surface area contributed by atoms with E-state index in [1.54, 1.807) is 25.3 Å². The van der Waals surface area contributed by atoms with Gasteiger partial charge in [0.05, 0.1) is 7.11 Å². The van der Waals surface area contributed by atoms with E-state index in [4.69, 9.17) is 16.3 Å². The second kappa shape index (κ2) is 6.78. The van der Waals surface area contributed by atoms with Gasteiger partial charge in [0.25, 0.3) is 0 Å². The van der Waals surface area contributed by atoms with Crippen LogP contribution in [0.5, 0.6) is 5.75 Å². The van der Waals surface area contributed by atoms with Crippen molar-refractivity contribution in [2.24, 2.45) is 0 Å². The number of benzene rings is 2. The predicted octanol–water partition coefficient (Wildman–Crippen LogP) is 4.38. The van der Waals surface area contributed by atoms with E-state index < -0.39 is 6.10 Å². The Kier molecular flexibility index (Phi) is 5.05. The first-order valence-corrected chi connectivity index (χ1v) is 7.13. The molecule has 0 aliphatic heterocycles. The zero-order chi connectivity index (χ0) is 14.5. The van der Waals surface area contributed by atoms with Gasteiger partial charge in [-0.25, -0.2) is 0 Å². The van der Waals surface area contributed by atoms with Crippen LogP contribution < -0.4 is 4.74 Å². The molecule has 0 amide bonds. The van der Waals surface area contributed by atoms with Crippen molar-refractivity contribution >= 4 is 11.6 Å². The molecule has 0 spiro atoms. The van der Waals surface area contributed by atoms with Crippen LogP contribution in [0.15, 0.2) is 42.5 Å². The molecule has 3 heteroatoms. The highest BCUT2D eigenvalue weighted by atomic mass is 35.5. The summed E-state index contributed by atoms with van der Waals surface area (Å²) in [5, 5.41) is 11.2. The third-order valence-corrected chi connectivity index (χ3v) is 3.53. The molecular formula is C17H19ClO2. The minimum Gasteiger partial charge on any atom is -0.496 e. The van der Waals surface area contributed by atoms with Crippen LogP contribution in [0.2, 0.25) is 5.02 Å². The minimum atomic E-state index is -0.736. The lowest BCUT2D eigenvalue weighted by molar-refractivity contribution is 0.214. The van der Waals surface area contributed by atoms with Crippen LogP contribution in [-0.4, -0.2) is 12.2 Å². The Labute approximate surface area is 125 Å². The maximum Gasteiger partial charge on any atom is 0.125 e. The van der Waals surface area contributed by atoms with Crippen molar-refractivity contribution in [3.05, 3.63) is 64.2 Å². The molecule has 0 bridgehead atoms. The van der Waals surface area contributed by atoms with Gasteiger partial charge in [-0.05, 0) is 35.7 Å². The molecular weight excluding hydrogens is 272 g/mol. The molecule has 2 aromatic rings. The molecule has 2 aromatic carbocycles. The molecule has 106 valence electrons. The van der Waals surface area contributed by atoms with Crippen LogP contribution >= 0.6 is 11.6 Å². The maximum absolute atomic E-state index is 10.6. The van der Waals surface area contributed by atoms with E-state index in [0.717, 1.165) is 18.4 Å². The van der Waals surface area contributed by atoms with Gasteiger partial charge >= 0.3 is 0 Å². The van der Waals surface area contributed by atoms with Gasteiger partial charge in [0.1, 0.15) is 11.9 Å². The van der Waals surface area contributed by atoms with Crippen molar-refractivity contribution in [2.75, 3.05) is 7.11 Å². The fraction of sp³-hybridized carbons (Fsp3) is 0.294. The van der Waals surface area contributed by atoms with Gasteiger partial charge in [0, 0.05) is 10.6 Å². The predicted molar refractivity (Wildman–Crippen MR) is 82.5 cm³/mol. The zero-order valence-electron chi connectivity index (χ0n) is 11.8. The molecule has 0 radical (unpaired) electrons. The third-order valence-electron chi connectivity index (χ3n) is 3.29. The summed E-state index contributed by atoms with van der Waals surface area (Å²) >= 11 is 6.02. The number of rotatable bonds is 5. The van der Waals surface area contributed by atoms with Crippen LogP contribution in [-0.2, 0) is 6.42 Å². The Balaban J connectivity index is 2.37. The molecule has 0 aliphatic rings. The van der Waals surface area contributed by atoms with Gasteiger partial charge in [0.2, 0.25) is 0 Å². The fourth-order valence-corrected chi connectivity index (χ4v) is 2.49. The molecule has 1 N–H and O–H groups in total. The molecule has 0 fully saturated rings. The van der Waals surface area contributed by atoms with Crippen molar-refractivity contribution in [2.45, 2.75) is 25.9 Å². The van der Waals surface area contributed by atoms with Gasteiger partial charge in [-0.15, -0.1) is 0 Å².